The highest BCUT2D eigenvalue weighted by molar-refractivity contribution is 9.11. The molecule has 0 saturated heterocycles. The molecule has 1 unspecified atom stereocenters. The number of thiophene rings is 1. The first-order chi connectivity index (χ1) is 7.63. The van der Waals surface area contributed by atoms with Crippen molar-refractivity contribution in [3.8, 4) is 0 Å². The number of nitrogens with one attached hydrogen (secondary N) is 1. The van der Waals surface area contributed by atoms with Gasteiger partial charge in [-0.3, -0.25) is 0 Å². The van der Waals surface area contributed by atoms with Crippen molar-refractivity contribution in [1.82, 2.24) is 20.3 Å². The molecule has 16 heavy (non-hydrogen) atoms. The van der Waals surface area contributed by atoms with E-state index in [1.165, 1.54) is 5.56 Å². The normalized spacial score (nSPS) is 13.0. The van der Waals surface area contributed by atoms with E-state index < -0.39 is 0 Å². The van der Waals surface area contributed by atoms with Crippen LogP contribution < -0.4 is 5.32 Å². The maximum Gasteiger partial charge on any atom is 0.153 e. The molecule has 0 aromatic carbocycles. The molecule has 0 saturated carbocycles. The molecule has 2 heterocycles. The lowest BCUT2D eigenvalue weighted by Gasteiger charge is -2.14. The predicted molar refractivity (Wildman–Crippen MR) is 71.6 cm³/mol. The average molecular weight is 366 g/mol. The van der Waals surface area contributed by atoms with Crippen LogP contribution in [0.1, 0.15) is 17.3 Å². The molecule has 0 fully saturated rings. The molecule has 0 amide bonds. The number of hydrogen-bond acceptors (Lipinski definition) is 4. The Morgan fingerprint density at radius 2 is 2.25 bits per heavy atom. The predicted octanol–water partition coefficient (Wildman–Crippen LogP) is 2.71. The quantitative estimate of drug-likeness (QED) is 0.909. The Hall–Kier alpha value is -0.240. The lowest BCUT2D eigenvalue weighted by Crippen LogP contribution is -2.20. The molecule has 4 nitrogen and oxygen atoms in total. The first kappa shape index (κ1) is 12.2. The van der Waals surface area contributed by atoms with Crippen LogP contribution in [0.3, 0.4) is 0 Å². The van der Waals surface area contributed by atoms with Gasteiger partial charge in [0.25, 0.3) is 0 Å². The molecular weight excluding hydrogens is 356 g/mol. The molecule has 0 radical (unpaired) electrons. The third kappa shape index (κ3) is 2.22. The Kier molecular flexibility index (Phi) is 3.78. The summed E-state index contributed by atoms with van der Waals surface area (Å²) in [6.07, 6.45) is 0. The summed E-state index contributed by atoms with van der Waals surface area (Å²) < 4.78 is 3.67. The summed E-state index contributed by atoms with van der Waals surface area (Å²) in [5.74, 6) is 0. The van der Waals surface area contributed by atoms with Crippen LogP contribution in [0.25, 0.3) is 0 Å². The van der Waals surface area contributed by atoms with Gasteiger partial charge >= 0.3 is 0 Å². The van der Waals surface area contributed by atoms with E-state index in [2.05, 4.69) is 58.9 Å². The Morgan fingerprint density at radius 1 is 1.50 bits per heavy atom. The third-order valence-electron chi connectivity index (χ3n) is 2.31. The van der Waals surface area contributed by atoms with Crippen molar-refractivity contribution in [2.75, 3.05) is 7.05 Å². The standard InChI is InChI=1S/C9H10Br2N4S/c1-12-7(5-3-6(10)16-4-5)8-9(11)13-14-15(8)2/h3-4,7,12H,1-2H3. The highest BCUT2D eigenvalue weighted by Crippen LogP contribution is 2.31. The van der Waals surface area contributed by atoms with E-state index in [0.29, 0.717) is 0 Å². The molecule has 7 heteroatoms. The Balaban J connectivity index is 2.44. The summed E-state index contributed by atoms with van der Waals surface area (Å²) in [6.45, 7) is 0. The zero-order chi connectivity index (χ0) is 11.7. The van der Waals surface area contributed by atoms with Gasteiger partial charge in [-0.05, 0) is 55.9 Å². The second-order valence-electron chi connectivity index (χ2n) is 3.29. The van der Waals surface area contributed by atoms with Crippen LogP contribution in [0.5, 0.6) is 0 Å². The van der Waals surface area contributed by atoms with Crippen LogP contribution in [0.4, 0.5) is 0 Å². The van der Waals surface area contributed by atoms with Crippen molar-refractivity contribution in [2.45, 2.75) is 6.04 Å². The minimum Gasteiger partial charge on any atom is -0.308 e. The monoisotopic (exact) mass is 364 g/mol. The summed E-state index contributed by atoms with van der Waals surface area (Å²) in [5, 5.41) is 13.4. The molecular formula is C9H10Br2N4S. The number of aromatic nitrogens is 3. The molecule has 1 N–H and O–H groups in total. The molecule has 0 aliphatic heterocycles. The van der Waals surface area contributed by atoms with Crippen LogP contribution in [0.2, 0.25) is 0 Å². The van der Waals surface area contributed by atoms with Crippen molar-refractivity contribution < 1.29 is 0 Å². The molecule has 1 atom stereocenters. The van der Waals surface area contributed by atoms with Crippen LogP contribution >= 0.6 is 43.2 Å². The molecule has 2 aromatic heterocycles. The van der Waals surface area contributed by atoms with Crippen molar-refractivity contribution >= 4 is 43.2 Å². The lowest BCUT2D eigenvalue weighted by molar-refractivity contribution is 0.598. The van der Waals surface area contributed by atoms with Gasteiger partial charge in [0.15, 0.2) is 4.60 Å². The van der Waals surface area contributed by atoms with Gasteiger partial charge in [-0.25, -0.2) is 4.68 Å². The zero-order valence-electron chi connectivity index (χ0n) is 8.74. The van der Waals surface area contributed by atoms with E-state index in [1.54, 1.807) is 16.0 Å². The average Bonchev–Trinajstić information content (AvgIpc) is 2.80. The zero-order valence-corrected chi connectivity index (χ0v) is 12.7. The highest BCUT2D eigenvalue weighted by atomic mass is 79.9. The van der Waals surface area contributed by atoms with E-state index in [-0.39, 0.29) is 6.04 Å². The summed E-state index contributed by atoms with van der Waals surface area (Å²) in [7, 11) is 3.81. The maximum absolute atomic E-state index is 4.00. The van der Waals surface area contributed by atoms with E-state index in [9.17, 15) is 0 Å². The summed E-state index contributed by atoms with van der Waals surface area (Å²) >= 11 is 8.56. The first-order valence-corrected chi connectivity index (χ1v) is 7.06. The summed E-state index contributed by atoms with van der Waals surface area (Å²) in [5.41, 5.74) is 2.22. The number of halogens is 2. The van der Waals surface area contributed by atoms with Gasteiger partial charge in [0.05, 0.1) is 15.5 Å². The van der Waals surface area contributed by atoms with Gasteiger partial charge in [-0.1, -0.05) is 5.21 Å². The van der Waals surface area contributed by atoms with Crippen LogP contribution in [-0.2, 0) is 7.05 Å². The number of nitrogens with zero attached hydrogens (tertiary/aromatic N) is 3. The van der Waals surface area contributed by atoms with Crippen molar-refractivity contribution in [2.24, 2.45) is 7.05 Å². The largest absolute Gasteiger partial charge is 0.308 e. The van der Waals surface area contributed by atoms with Gasteiger partial charge in [-0.2, -0.15) is 0 Å². The lowest BCUT2D eigenvalue weighted by atomic mass is 10.1. The van der Waals surface area contributed by atoms with Crippen LogP contribution in [0.15, 0.2) is 19.8 Å². The van der Waals surface area contributed by atoms with Crippen LogP contribution in [0, 0.1) is 0 Å². The maximum atomic E-state index is 4.00. The molecule has 0 aliphatic rings. The molecule has 0 bridgehead atoms. The Morgan fingerprint density at radius 3 is 2.69 bits per heavy atom. The van der Waals surface area contributed by atoms with Crippen molar-refractivity contribution in [3.63, 3.8) is 0 Å². The van der Waals surface area contributed by atoms with Gasteiger partial charge in [-0.15, -0.1) is 16.4 Å². The SMILES string of the molecule is CNC(c1csc(Br)c1)c1c(Br)nnn1C. The minimum absolute atomic E-state index is 0.0944. The topological polar surface area (TPSA) is 42.7 Å². The number of rotatable bonds is 3. The van der Waals surface area contributed by atoms with Crippen LogP contribution in [-0.4, -0.2) is 22.0 Å². The van der Waals surface area contributed by atoms with Gasteiger partial charge in [0.1, 0.15) is 0 Å². The Bertz CT molecular complexity index is 474. The molecule has 0 aliphatic carbocycles. The minimum atomic E-state index is 0.0944. The van der Waals surface area contributed by atoms with E-state index in [1.807, 2.05) is 14.1 Å². The molecule has 86 valence electrons. The second kappa shape index (κ2) is 4.95. The fraction of sp³-hybridized carbons (Fsp3) is 0.333. The molecule has 2 aromatic rings. The van der Waals surface area contributed by atoms with Crippen molar-refractivity contribution in [1.29, 1.82) is 0 Å². The summed E-state index contributed by atoms with van der Waals surface area (Å²) in [6, 6.07) is 2.20. The van der Waals surface area contributed by atoms with E-state index in [4.69, 9.17) is 0 Å². The second-order valence-corrected chi connectivity index (χ2v) is 6.34. The molecule has 2 rings (SSSR count). The van der Waals surface area contributed by atoms with E-state index in [0.717, 1.165) is 14.1 Å². The Labute approximate surface area is 114 Å². The number of aryl methyl sites for hydroxylation is 1. The fourth-order valence-electron chi connectivity index (χ4n) is 1.58. The van der Waals surface area contributed by atoms with Gasteiger partial charge < -0.3 is 5.32 Å². The fourth-order valence-corrected chi connectivity index (χ4v) is 3.34. The van der Waals surface area contributed by atoms with E-state index >= 15 is 0 Å². The first-order valence-electron chi connectivity index (χ1n) is 4.59. The molecule has 0 spiro atoms. The summed E-state index contributed by atoms with van der Waals surface area (Å²) in [4.78, 5) is 0. The third-order valence-corrected chi connectivity index (χ3v) is 4.40. The van der Waals surface area contributed by atoms with Gasteiger partial charge in [0.2, 0.25) is 0 Å². The highest BCUT2D eigenvalue weighted by Gasteiger charge is 2.21. The van der Waals surface area contributed by atoms with Crippen molar-refractivity contribution in [3.05, 3.63) is 31.1 Å². The van der Waals surface area contributed by atoms with Gasteiger partial charge in [0, 0.05) is 7.05 Å². The number of hydrogen-bond donors (Lipinski definition) is 1. The smallest absolute Gasteiger partial charge is 0.153 e.